The second kappa shape index (κ2) is 10.9. The van der Waals surface area contributed by atoms with Gasteiger partial charge in [-0.15, -0.1) is 29.7 Å². The minimum atomic E-state index is 0. The Bertz CT molecular complexity index is 2280. The fraction of sp³-hybridized carbons (Fsp3) is 0.268. The van der Waals surface area contributed by atoms with Crippen molar-refractivity contribution in [2.75, 3.05) is 0 Å². The fourth-order valence-electron chi connectivity index (χ4n) is 9.63. The number of ether oxygens (including phenoxy) is 1. The van der Waals surface area contributed by atoms with Crippen LogP contribution in [0.2, 0.25) is 0 Å². The number of hydrogen-bond donors (Lipinski definition) is 0. The smallest absolute Gasteiger partial charge is 0.242 e. The number of benzene rings is 4. The maximum atomic E-state index is 6.46. The van der Waals surface area contributed by atoms with E-state index in [1.807, 2.05) is 58.8 Å². The Hall–Kier alpha value is -4.21. The predicted molar refractivity (Wildman–Crippen MR) is 179 cm³/mol. The summed E-state index contributed by atoms with van der Waals surface area (Å²) in [4.78, 5) is 4.98. The van der Waals surface area contributed by atoms with E-state index in [1.165, 1.54) is 49.5 Å². The fourth-order valence-corrected chi connectivity index (χ4v) is 9.63. The molecule has 5 nitrogen and oxygen atoms in total. The Kier molecular flexibility index (Phi) is 6.73. The Labute approximate surface area is 289 Å². The molecule has 3 aromatic heterocycles. The summed E-state index contributed by atoms with van der Waals surface area (Å²) in [5.41, 5.74) is 6.94. The second-order valence-corrected chi connectivity index (χ2v) is 14.0. The van der Waals surface area contributed by atoms with Crippen molar-refractivity contribution >= 4 is 32.8 Å². The summed E-state index contributed by atoms with van der Waals surface area (Å²) in [6.07, 6.45) is 13.8. The molecule has 4 saturated carbocycles. The first-order valence-corrected chi connectivity index (χ1v) is 16.6. The average molecular weight is 794 g/mol. The molecule has 3 heterocycles. The van der Waals surface area contributed by atoms with Crippen molar-refractivity contribution in [3.63, 3.8) is 0 Å². The van der Waals surface area contributed by atoms with Crippen LogP contribution in [0.4, 0.5) is 0 Å². The molecule has 0 atom stereocenters. The molecule has 0 saturated heterocycles. The minimum Gasteiger partial charge on any atom is -0.510 e. The van der Waals surface area contributed by atoms with Gasteiger partial charge in [-0.05, 0) is 90.8 Å². The molecule has 7 aromatic rings. The van der Waals surface area contributed by atoms with E-state index in [9.17, 15) is 0 Å². The van der Waals surface area contributed by atoms with Crippen LogP contribution < -0.4 is 9.30 Å². The zero-order valence-corrected chi connectivity index (χ0v) is 28.5. The van der Waals surface area contributed by atoms with Crippen LogP contribution in [0.25, 0.3) is 44.3 Å². The Balaban J connectivity index is 0.00000302. The van der Waals surface area contributed by atoms with Gasteiger partial charge in [-0.25, -0.2) is 4.98 Å². The molecule has 11 rings (SSSR count). The topological polar surface area (TPSA) is 35.9 Å². The van der Waals surface area contributed by atoms with E-state index in [0.717, 1.165) is 56.7 Å². The molecule has 4 aliphatic carbocycles. The van der Waals surface area contributed by atoms with Crippen LogP contribution in [-0.4, -0.2) is 14.1 Å². The largest absolute Gasteiger partial charge is 0.510 e. The van der Waals surface area contributed by atoms with E-state index in [0.29, 0.717) is 16.9 Å². The predicted octanol–water partition coefficient (Wildman–Crippen LogP) is 8.61. The van der Waals surface area contributed by atoms with Crippen molar-refractivity contribution in [2.24, 2.45) is 24.8 Å². The van der Waals surface area contributed by atoms with Gasteiger partial charge in [-0.2, -0.15) is 18.2 Å². The van der Waals surface area contributed by atoms with E-state index in [4.69, 9.17) is 9.72 Å². The normalized spacial score (nSPS) is 23.0. The number of pyridine rings is 1. The molecule has 236 valence electrons. The van der Waals surface area contributed by atoms with Crippen LogP contribution in [-0.2, 0) is 33.5 Å². The first-order valence-electron chi connectivity index (χ1n) is 16.6. The zero-order chi connectivity index (χ0) is 30.4. The van der Waals surface area contributed by atoms with Crippen molar-refractivity contribution in [1.29, 1.82) is 0 Å². The number of rotatable bonds is 5. The minimum absolute atomic E-state index is 0. The van der Waals surface area contributed by atoms with Crippen LogP contribution in [0, 0.1) is 36.2 Å². The van der Waals surface area contributed by atoms with Crippen LogP contribution in [0.3, 0.4) is 0 Å². The summed E-state index contributed by atoms with van der Waals surface area (Å²) in [6.45, 7) is 0. The number of aromatic nitrogens is 4. The monoisotopic (exact) mass is 793 g/mol. The number of aryl methyl sites for hydroxylation is 1. The maximum Gasteiger partial charge on any atom is 0.242 e. The van der Waals surface area contributed by atoms with Gasteiger partial charge < -0.3 is 18.4 Å². The quantitative estimate of drug-likeness (QED) is 0.129. The zero-order valence-electron chi connectivity index (χ0n) is 26.2. The third-order valence-electron chi connectivity index (χ3n) is 11.1. The summed E-state index contributed by atoms with van der Waals surface area (Å²) in [5.74, 6) is 4.94. The van der Waals surface area contributed by atoms with Gasteiger partial charge in [0.25, 0.3) is 0 Å². The van der Waals surface area contributed by atoms with Gasteiger partial charge in [-0.1, -0.05) is 53.7 Å². The molecule has 4 fully saturated rings. The van der Waals surface area contributed by atoms with Crippen LogP contribution in [0.15, 0.2) is 97.2 Å². The van der Waals surface area contributed by atoms with Gasteiger partial charge in [0.1, 0.15) is 5.82 Å². The number of nitrogens with zero attached hydrogens (tertiary/aromatic N) is 4. The number of fused-ring (bicyclic) bond motifs is 4. The standard InChI is InChI=1S/C41H34N4O.Pt/c1-43-26-44(38-12-5-4-11-37(38)43)31-7-6-8-32(21-31)46-33-13-14-35-34-9-2-3-10-36(34)45(39(35)22-33)40-20-30(15-16-42-40)41-23-27-17-28(24-41)19-29(18-27)25-41;/h2-16,20,27-29H,17-19,23-25H2,1H3;/q-2;. The van der Waals surface area contributed by atoms with Crippen LogP contribution >= 0.6 is 0 Å². The third kappa shape index (κ3) is 4.61. The molecule has 0 amide bonds. The van der Waals surface area contributed by atoms with Crippen molar-refractivity contribution in [2.45, 2.75) is 43.9 Å². The Morgan fingerprint density at radius 3 is 2.30 bits per heavy atom. The first-order chi connectivity index (χ1) is 22.6. The molecule has 0 aliphatic heterocycles. The maximum absolute atomic E-state index is 6.46. The molecule has 4 aliphatic rings. The summed E-state index contributed by atoms with van der Waals surface area (Å²) < 4.78 is 12.8. The second-order valence-electron chi connectivity index (χ2n) is 14.0. The van der Waals surface area contributed by atoms with Gasteiger partial charge in [-0.3, -0.25) is 0 Å². The van der Waals surface area contributed by atoms with Gasteiger partial charge in [0.15, 0.2) is 0 Å². The van der Waals surface area contributed by atoms with E-state index < -0.39 is 0 Å². The summed E-state index contributed by atoms with van der Waals surface area (Å²) in [6, 6.07) is 38.8. The molecule has 0 N–H and O–H groups in total. The molecule has 4 aromatic carbocycles. The van der Waals surface area contributed by atoms with Crippen molar-refractivity contribution < 1.29 is 30.4 Å². The molecular formula is C41H34N4OPt-2. The Morgan fingerprint density at radius 2 is 1.49 bits per heavy atom. The summed E-state index contributed by atoms with van der Waals surface area (Å²) in [5, 5.41) is 2.34. The molecular weight excluding hydrogens is 760 g/mol. The first kappa shape index (κ1) is 29.0. The Morgan fingerprint density at radius 1 is 0.766 bits per heavy atom. The van der Waals surface area contributed by atoms with Gasteiger partial charge in [0.05, 0.1) is 18.1 Å². The van der Waals surface area contributed by atoms with Crippen molar-refractivity contribution in [3.05, 3.63) is 121 Å². The molecule has 6 heteroatoms. The van der Waals surface area contributed by atoms with Crippen molar-refractivity contribution in [1.82, 2.24) is 14.1 Å². The molecule has 4 bridgehead atoms. The van der Waals surface area contributed by atoms with E-state index in [2.05, 4.69) is 77.6 Å². The van der Waals surface area contributed by atoms with E-state index >= 15 is 0 Å². The van der Waals surface area contributed by atoms with Gasteiger partial charge >= 0.3 is 0 Å². The van der Waals surface area contributed by atoms with E-state index in [1.54, 1.807) is 0 Å². The van der Waals surface area contributed by atoms with Crippen molar-refractivity contribution in [3.8, 4) is 23.0 Å². The van der Waals surface area contributed by atoms with Crippen LogP contribution in [0.5, 0.6) is 11.5 Å². The van der Waals surface area contributed by atoms with Gasteiger partial charge in [0, 0.05) is 44.3 Å². The molecule has 47 heavy (non-hydrogen) atoms. The summed E-state index contributed by atoms with van der Waals surface area (Å²) >= 11 is 0. The summed E-state index contributed by atoms with van der Waals surface area (Å²) in [7, 11) is 2.01. The number of imidazole rings is 1. The van der Waals surface area contributed by atoms with Crippen LogP contribution in [0.1, 0.15) is 44.1 Å². The SMILES string of the molecule is C[n+]1[c-]n(-c2[c-]c(Oc3[c-]c4c(cc3)c3ccccc3n4-c3cc(C45CC6CC(CC(C6)C4)C5)ccn3)ccc2)c2ccccc21.[Pt]. The van der Waals surface area contributed by atoms with E-state index in [-0.39, 0.29) is 21.1 Å². The molecule has 0 radical (unpaired) electrons. The molecule has 0 spiro atoms. The third-order valence-corrected chi connectivity index (χ3v) is 11.1. The molecule has 0 unspecified atom stereocenters. The number of para-hydroxylation sites is 3. The van der Waals surface area contributed by atoms with Gasteiger partial charge in [0.2, 0.25) is 6.33 Å². The average Bonchev–Trinajstić information content (AvgIpc) is 3.59. The number of hydrogen-bond acceptors (Lipinski definition) is 2.